The van der Waals surface area contributed by atoms with Gasteiger partial charge in [0.15, 0.2) is 0 Å². The molecule has 1 aliphatic rings. The maximum Gasteiger partial charge on any atom is 0.229 e. The van der Waals surface area contributed by atoms with Crippen LogP contribution < -0.4 is 5.32 Å². The number of carbonyl (C=O) groups excluding carboxylic acids is 2. The van der Waals surface area contributed by atoms with Gasteiger partial charge in [-0.15, -0.1) is 0 Å². The van der Waals surface area contributed by atoms with Gasteiger partial charge in [-0.1, -0.05) is 0 Å². The van der Waals surface area contributed by atoms with E-state index in [2.05, 4.69) is 5.32 Å². The highest BCUT2D eigenvalue weighted by Gasteiger charge is 2.25. The van der Waals surface area contributed by atoms with Crippen LogP contribution in [0.3, 0.4) is 0 Å². The van der Waals surface area contributed by atoms with Crippen LogP contribution in [0, 0.1) is 5.92 Å². The quantitative estimate of drug-likeness (QED) is 0.511. The topological polar surface area (TPSA) is 55.4 Å². The number of nitrogens with one attached hydrogen (secondary N) is 1. The lowest BCUT2D eigenvalue weighted by Crippen LogP contribution is -2.41. The fourth-order valence-electron chi connectivity index (χ4n) is 1.38. The first-order valence-corrected chi connectivity index (χ1v) is 4.65. The minimum atomic E-state index is -0.155. The van der Waals surface area contributed by atoms with Crippen LogP contribution in [0.5, 0.6) is 0 Å². The van der Waals surface area contributed by atoms with Gasteiger partial charge < -0.3 is 4.74 Å². The Hall–Kier alpha value is -0.900. The van der Waals surface area contributed by atoms with Crippen molar-refractivity contribution < 1.29 is 14.3 Å². The Morgan fingerprint density at radius 3 is 2.92 bits per heavy atom. The first kappa shape index (κ1) is 10.2. The lowest BCUT2D eigenvalue weighted by atomic mass is 9.95. The van der Waals surface area contributed by atoms with Crippen molar-refractivity contribution in [2.45, 2.75) is 26.2 Å². The molecule has 1 unspecified atom stereocenters. The molecule has 4 heteroatoms. The first-order chi connectivity index (χ1) is 6.24. The van der Waals surface area contributed by atoms with E-state index >= 15 is 0 Å². The van der Waals surface area contributed by atoms with E-state index in [0.29, 0.717) is 32.5 Å². The van der Waals surface area contributed by atoms with E-state index in [0.717, 1.165) is 0 Å². The number of imide groups is 1. The Balaban J connectivity index is 2.26. The molecule has 1 saturated heterocycles. The normalized spacial score (nSPS) is 23.0. The van der Waals surface area contributed by atoms with E-state index in [9.17, 15) is 9.59 Å². The first-order valence-electron chi connectivity index (χ1n) is 4.65. The molecule has 0 saturated carbocycles. The highest BCUT2D eigenvalue weighted by atomic mass is 16.5. The van der Waals surface area contributed by atoms with Gasteiger partial charge in [-0.25, -0.2) is 0 Å². The van der Waals surface area contributed by atoms with Crippen molar-refractivity contribution in [1.82, 2.24) is 5.32 Å². The summed E-state index contributed by atoms with van der Waals surface area (Å²) in [6.45, 7) is 3.19. The lowest BCUT2D eigenvalue weighted by Gasteiger charge is -2.20. The summed E-state index contributed by atoms with van der Waals surface area (Å²) in [5.41, 5.74) is 0. The molecule has 2 amide bonds. The molecule has 1 heterocycles. The van der Waals surface area contributed by atoms with Gasteiger partial charge >= 0.3 is 0 Å². The fourth-order valence-corrected chi connectivity index (χ4v) is 1.38. The smallest absolute Gasteiger partial charge is 0.229 e. The Labute approximate surface area is 77.6 Å². The third-order valence-electron chi connectivity index (χ3n) is 2.17. The molecular formula is C9H15NO3. The molecule has 1 rings (SSSR count). The predicted octanol–water partition coefficient (Wildman–Crippen LogP) is 0.466. The van der Waals surface area contributed by atoms with Crippen LogP contribution in [0.2, 0.25) is 0 Å². The summed E-state index contributed by atoms with van der Waals surface area (Å²) in [7, 11) is 0. The molecule has 13 heavy (non-hydrogen) atoms. The van der Waals surface area contributed by atoms with E-state index < -0.39 is 0 Å². The van der Waals surface area contributed by atoms with Crippen molar-refractivity contribution >= 4 is 11.8 Å². The fraction of sp³-hybridized carbons (Fsp3) is 0.778. The van der Waals surface area contributed by atoms with E-state index in [-0.39, 0.29) is 17.7 Å². The Morgan fingerprint density at radius 1 is 1.54 bits per heavy atom. The van der Waals surface area contributed by atoms with Gasteiger partial charge in [-0.05, 0) is 19.8 Å². The van der Waals surface area contributed by atoms with Crippen LogP contribution >= 0.6 is 0 Å². The molecule has 0 spiro atoms. The third kappa shape index (κ3) is 3.14. The highest BCUT2D eigenvalue weighted by Crippen LogP contribution is 2.15. The van der Waals surface area contributed by atoms with E-state index in [4.69, 9.17) is 4.74 Å². The number of carbonyl (C=O) groups is 2. The maximum absolute atomic E-state index is 11.2. The Morgan fingerprint density at radius 2 is 2.31 bits per heavy atom. The second-order valence-electron chi connectivity index (χ2n) is 3.13. The number of piperidine rings is 1. The second-order valence-corrected chi connectivity index (χ2v) is 3.13. The second kappa shape index (κ2) is 4.97. The van der Waals surface area contributed by atoms with Gasteiger partial charge in [0.05, 0.1) is 0 Å². The molecule has 0 aliphatic carbocycles. The minimum Gasteiger partial charge on any atom is -0.382 e. The van der Waals surface area contributed by atoms with Crippen molar-refractivity contribution in [3.63, 3.8) is 0 Å². The van der Waals surface area contributed by atoms with E-state index in [1.807, 2.05) is 6.92 Å². The number of hydrogen-bond acceptors (Lipinski definition) is 3. The van der Waals surface area contributed by atoms with Crippen LogP contribution in [0.25, 0.3) is 0 Å². The van der Waals surface area contributed by atoms with Gasteiger partial charge in [0.1, 0.15) is 0 Å². The number of rotatable bonds is 4. The third-order valence-corrected chi connectivity index (χ3v) is 2.17. The summed E-state index contributed by atoms with van der Waals surface area (Å²) >= 11 is 0. The maximum atomic E-state index is 11.2. The van der Waals surface area contributed by atoms with Crippen LogP contribution in [-0.4, -0.2) is 25.0 Å². The molecule has 1 atom stereocenters. The van der Waals surface area contributed by atoms with Crippen molar-refractivity contribution in [2.24, 2.45) is 5.92 Å². The average Bonchev–Trinajstić information content (AvgIpc) is 2.09. The van der Waals surface area contributed by atoms with Crippen molar-refractivity contribution in [3.05, 3.63) is 0 Å². The molecule has 1 fully saturated rings. The minimum absolute atomic E-state index is 0.0377. The predicted molar refractivity (Wildman–Crippen MR) is 47.0 cm³/mol. The van der Waals surface area contributed by atoms with Gasteiger partial charge in [0, 0.05) is 25.6 Å². The Bertz CT molecular complexity index is 203. The van der Waals surface area contributed by atoms with Crippen molar-refractivity contribution in [1.29, 1.82) is 0 Å². The largest absolute Gasteiger partial charge is 0.382 e. The molecule has 0 aromatic heterocycles. The van der Waals surface area contributed by atoms with Crippen LogP contribution in [0.15, 0.2) is 0 Å². The van der Waals surface area contributed by atoms with Crippen LogP contribution in [-0.2, 0) is 14.3 Å². The molecule has 4 nitrogen and oxygen atoms in total. The lowest BCUT2D eigenvalue weighted by molar-refractivity contribution is -0.136. The highest BCUT2D eigenvalue weighted by molar-refractivity contribution is 5.98. The number of ether oxygens (including phenoxy) is 1. The summed E-state index contributed by atoms with van der Waals surface area (Å²) in [4.78, 5) is 22.0. The molecule has 0 aromatic carbocycles. The van der Waals surface area contributed by atoms with Crippen molar-refractivity contribution in [2.75, 3.05) is 13.2 Å². The van der Waals surface area contributed by atoms with Gasteiger partial charge in [-0.3, -0.25) is 14.9 Å². The zero-order valence-electron chi connectivity index (χ0n) is 7.84. The summed E-state index contributed by atoms with van der Waals surface area (Å²) in [5.74, 6) is -0.335. The standard InChI is InChI=1S/C9H15NO3/c1-2-13-6-5-7-3-4-8(11)10-9(7)12/h7H,2-6H2,1H3,(H,10,11,12). The summed E-state index contributed by atoms with van der Waals surface area (Å²) < 4.78 is 5.15. The zero-order chi connectivity index (χ0) is 9.68. The van der Waals surface area contributed by atoms with Gasteiger partial charge in [-0.2, -0.15) is 0 Å². The van der Waals surface area contributed by atoms with Crippen molar-refractivity contribution in [3.8, 4) is 0 Å². The van der Waals surface area contributed by atoms with Gasteiger partial charge in [0.25, 0.3) is 0 Å². The molecule has 0 radical (unpaired) electrons. The summed E-state index contributed by atoms with van der Waals surface area (Å²) in [6, 6.07) is 0. The SMILES string of the molecule is CCOCCC1CCC(=O)NC1=O. The molecular weight excluding hydrogens is 170 g/mol. The molecule has 1 N–H and O–H groups in total. The molecule has 0 bridgehead atoms. The molecule has 1 aliphatic heterocycles. The number of amides is 2. The Kier molecular flexibility index (Phi) is 3.89. The molecule has 74 valence electrons. The zero-order valence-corrected chi connectivity index (χ0v) is 7.84. The molecule has 0 aromatic rings. The van der Waals surface area contributed by atoms with Crippen LogP contribution in [0.4, 0.5) is 0 Å². The van der Waals surface area contributed by atoms with E-state index in [1.165, 1.54) is 0 Å². The average molecular weight is 185 g/mol. The monoisotopic (exact) mass is 185 g/mol. The van der Waals surface area contributed by atoms with Gasteiger partial charge in [0.2, 0.25) is 11.8 Å². The summed E-state index contributed by atoms with van der Waals surface area (Å²) in [5, 5.41) is 2.32. The summed E-state index contributed by atoms with van der Waals surface area (Å²) in [6.07, 6.45) is 1.84. The number of hydrogen-bond donors (Lipinski definition) is 1. The van der Waals surface area contributed by atoms with E-state index in [1.54, 1.807) is 0 Å². The van der Waals surface area contributed by atoms with Crippen LogP contribution in [0.1, 0.15) is 26.2 Å².